The van der Waals surface area contributed by atoms with Gasteiger partial charge in [-0.15, -0.1) is 0 Å². The minimum atomic E-state index is -0.0583. The molecular weight excluding hydrogens is 340 g/mol. The van der Waals surface area contributed by atoms with Crippen LogP contribution < -0.4 is 10.1 Å². The second-order valence-corrected chi connectivity index (χ2v) is 6.67. The van der Waals surface area contributed by atoms with Crippen LogP contribution in [0.15, 0.2) is 48.7 Å². The summed E-state index contributed by atoms with van der Waals surface area (Å²) in [5.74, 6) is 1.41. The maximum atomic E-state index is 12.5. The van der Waals surface area contributed by atoms with Crippen LogP contribution in [0, 0.1) is 0 Å². The number of ether oxygens (including phenoxy) is 1. The fraction of sp³-hybridized carbons (Fsp3) is 0.238. The lowest BCUT2D eigenvalue weighted by atomic mass is 10.2. The fourth-order valence-electron chi connectivity index (χ4n) is 3.24. The third-order valence-electron chi connectivity index (χ3n) is 4.77. The summed E-state index contributed by atoms with van der Waals surface area (Å²) < 4.78 is 7.71. The van der Waals surface area contributed by atoms with Gasteiger partial charge in [0.15, 0.2) is 11.6 Å². The van der Waals surface area contributed by atoms with Gasteiger partial charge in [-0.3, -0.25) is 4.79 Å². The van der Waals surface area contributed by atoms with Crippen LogP contribution in [0.1, 0.15) is 11.3 Å². The Morgan fingerprint density at radius 2 is 2.22 bits per heavy atom. The summed E-state index contributed by atoms with van der Waals surface area (Å²) in [6, 6.07) is 12.2. The Hall–Kier alpha value is -3.28. The highest BCUT2D eigenvalue weighted by Gasteiger charge is 2.12. The van der Waals surface area contributed by atoms with E-state index in [0.29, 0.717) is 13.2 Å². The second kappa shape index (κ2) is 7.15. The first-order valence-corrected chi connectivity index (χ1v) is 8.95. The molecule has 138 valence electrons. The number of hydrogen-bond donors (Lipinski definition) is 1. The van der Waals surface area contributed by atoms with E-state index in [-0.39, 0.29) is 5.91 Å². The molecule has 0 saturated carbocycles. The number of pyridine rings is 1. The van der Waals surface area contributed by atoms with Gasteiger partial charge in [-0.1, -0.05) is 18.2 Å². The molecular formula is C21H22N4O2. The molecule has 0 saturated heterocycles. The summed E-state index contributed by atoms with van der Waals surface area (Å²) in [4.78, 5) is 18.5. The molecule has 0 fully saturated rings. The summed E-state index contributed by atoms with van der Waals surface area (Å²) in [5.41, 5.74) is 3.09. The van der Waals surface area contributed by atoms with Gasteiger partial charge in [0.1, 0.15) is 6.61 Å². The maximum absolute atomic E-state index is 12.5. The van der Waals surface area contributed by atoms with Gasteiger partial charge in [0.2, 0.25) is 5.91 Å². The predicted molar refractivity (Wildman–Crippen MR) is 107 cm³/mol. The normalized spacial score (nSPS) is 13.3. The average molecular weight is 362 g/mol. The number of rotatable bonds is 4. The minimum Gasteiger partial charge on any atom is -0.488 e. The van der Waals surface area contributed by atoms with E-state index in [1.807, 2.05) is 32.3 Å². The largest absolute Gasteiger partial charge is 0.488 e. The first-order chi connectivity index (χ1) is 13.1. The molecule has 0 unspecified atom stereocenters. The van der Waals surface area contributed by atoms with Crippen molar-refractivity contribution >= 4 is 28.7 Å². The van der Waals surface area contributed by atoms with Gasteiger partial charge >= 0.3 is 0 Å². The molecule has 6 heteroatoms. The van der Waals surface area contributed by atoms with E-state index in [2.05, 4.69) is 33.1 Å². The number of hydrogen-bond acceptors (Lipinski definition) is 4. The quantitative estimate of drug-likeness (QED) is 0.725. The van der Waals surface area contributed by atoms with Crippen molar-refractivity contribution in [1.82, 2.24) is 14.5 Å². The Morgan fingerprint density at radius 1 is 1.37 bits per heavy atom. The van der Waals surface area contributed by atoms with Gasteiger partial charge in [0.05, 0.1) is 13.1 Å². The number of benzene rings is 1. The molecule has 1 N–H and O–H groups in total. The third kappa shape index (κ3) is 3.51. The molecule has 27 heavy (non-hydrogen) atoms. The van der Waals surface area contributed by atoms with Crippen molar-refractivity contribution in [3.63, 3.8) is 0 Å². The number of amides is 1. The molecule has 6 nitrogen and oxygen atoms in total. The number of aryl methyl sites for hydroxylation is 1. The number of carbonyl (C=O) groups excluding carboxylic acids is 1. The highest BCUT2D eigenvalue weighted by Crippen LogP contribution is 2.26. The zero-order chi connectivity index (χ0) is 18.8. The van der Waals surface area contributed by atoms with E-state index in [9.17, 15) is 4.79 Å². The van der Waals surface area contributed by atoms with Gasteiger partial charge in [0.25, 0.3) is 0 Å². The van der Waals surface area contributed by atoms with E-state index in [1.54, 1.807) is 23.2 Å². The summed E-state index contributed by atoms with van der Waals surface area (Å²) in [7, 11) is 3.83. The molecule has 0 atom stereocenters. The SMILES string of the molecule is CN(Cc1cc2ccccc2n1C)C(=O)C=Cc1cnc2c(c1)OCCN2. The molecule has 3 aromatic rings. The van der Waals surface area contributed by atoms with E-state index in [4.69, 9.17) is 4.74 Å². The lowest BCUT2D eigenvalue weighted by molar-refractivity contribution is -0.125. The molecule has 0 bridgehead atoms. The summed E-state index contributed by atoms with van der Waals surface area (Å²) in [6.45, 7) is 1.92. The van der Waals surface area contributed by atoms with Crippen molar-refractivity contribution in [2.75, 3.05) is 25.5 Å². The molecule has 1 aliphatic rings. The highest BCUT2D eigenvalue weighted by atomic mass is 16.5. The molecule has 1 aliphatic heterocycles. The van der Waals surface area contributed by atoms with E-state index < -0.39 is 0 Å². The smallest absolute Gasteiger partial charge is 0.246 e. The van der Waals surface area contributed by atoms with Gasteiger partial charge in [-0.2, -0.15) is 0 Å². The highest BCUT2D eigenvalue weighted by molar-refractivity contribution is 5.91. The molecule has 1 amide bonds. The number of carbonyl (C=O) groups is 1. The monoisotopic (exact) mass is 362 g/mol. The standard InChI is InChI=1S/C21H22N4O2/c1-24(14-17-12-16-5-3-4-6-18(16)25(17)2)20(26)8-7-15-11-19-21(23-13-15)22-9-10-27-19/h3-8,11-13H,9-10,14H2,1-2H3,(H,22,23). The number of likely N-dealkylation sites (N-methyl/N-ethyl adjacent to an activating group) is 1. The Balaban J connectivity index is 1.45. The number of para-hydroxylation sites is 1. The molecule has 0 spiro atoms. The van der Waals surface area contributed by atoms with Crippen LogP contribution in [-0.2, 0) is 18.4 Å². The molecule has 3 heterocycles. The van der Waals surface area contributed by atoms with Crippen molar-refractivity contribution in [3.8, 4) is 5.75 Å². The second-order valence-electron chi connectivity index (χ2n) is 6.67. The summed E-state index contributed by atoms with van der Waals surface area (Å²) in [5, 5.41) is 4.36. The van der Waals surface area contributed by atoms with Crippen LogP contribution in [0.2, 0.25) is 0 Å². The molecule has 0 radical (unpaired) electrons. The lowest BCUT2D eigenvalue weighted by Gasteiger charge is -2.18. The van der Waals surface area contributed by atoms with Crippen LogP contribution in [0.25, 0.3) is 17.0 Å². The van der Waals surface area contributed by atoms with Crippen LogP contribution in [0.3, 0.4) is 0 Å². The molecule has 1 aromatic carbocycles. The maximum Gasteiger partial charge on any atom is 0.246 e. The Kier molecular flexibility index (Phi) is 4.54. The Bertz CT molecular complexity index is 1020. The van der Waals surface area contributed by atoms with Crippen LogP contribution >= 0.6 is 0 Å². The minimum absolute atomic E-state index is 0.0583. The summed E-state index contributed by atoms with van der Waals surface area (Å²) >= 11 is 0. The molecule has 0 aliphatic carbocycles. The van der Waals surface area contributed by atoms with Crippen molar-refractivity contribution in [2.24, 2.45) is 7.05 Å². The van der Waals surface area contributed by atoms with Gasteiger partial charge in [0, 0.05) is 37.6 Å². The van der Waals surface area contributed by atoms with Crippen molar-refractivity contribution < 1.29 is 9.53 Å². The van der Waals surface area contributed by atoms with E-state index in [0.717, 1.165) is 34.9 Å². The lowest BCUT2D eigenvalue weighted by Crippen LogP contribution is -2.25. The molecule has 2 aromatic heterocycles. The van der Waals surface area contributed by atoms with Crippen molar-refractivity contribution in [2.45, 2.75) is 6.54 Å². The number of nitrogens with one attached hydrogen (secondary N) is 1. The van der Waals surface area contributed by atoms with Crippen molar-refractivity contribution in [3.05, 3.63) is 59.9 Å². The molecule has 4 rings (SSSR count). The first-order valence-electron chi connectivity index (χ1n) is 8.95. The number of anilines is 1. The zero-order valence-electron chi connectivity index (χ0n) is 15.5. The number of fused-ring (bicyclic) bond motifs is 2. The van der Waals surface area contributed by atoms with Gasteiger partial charge in [-0.05, 0) is 35.2 Å². The van der Waals surface area contributed by atoms with E-state index >= 15 is 0 Å². The fourth-order valence-corrected chi connectivity index (χ4v) is 3.24. The number of nitrogens with zero attached hydrogens (tertiary/aromatic N) is 3. The van der Waals surface area contributed by atoms with Crippen LogP contribution in [0.5, 0.6) is 5.75 Å². The zero-order valence-corrected chi connectivity index (χ0v) is 15.5. The average Bonchev–Trinajstić information content (AvgIpc) is 3.01. The number of aromatic nitrogens is 2. The van der Waals surface area contributed by atoms with Crippen LogP contribution in [-0.4, -0.2) is 40.6 Å². The van der Waals surface area contributed by atoms with Gasteiger partial charge in [-0.25, -0.2) is 4.98 Å². The Morgan fingerprint density at radius 3 is 3.07 bits per heavy atom. The predicted octanol–water partition coefficient (Wildman–Crippen LogP) is 3.05. The van der Waals surface area contributed by atoms with E-state index in [1.165, 1.54) is 5.39 Å². The van der Waals surface area contributed by atoms with Gasteiger partial charge < -0.3 is 19.5 Å². The third-order valence-corrected chi connectivity index (χ3v) is 4.77. The van der Waals surface area contributed by atoms with Crippen molar-refractivity contribution in [1.29, 1.82) is 0 Å². The first kappa shape index (κ1) is 17.1. The topological polar surface area (TPSA) is 59.4 Å². The summed E-state index contributed by atoms with van der Waals surface area (Å²) in [6.07, 6.45) is 5.07. The van der Waals surface area contributed by atoms with Crippen LogP contribution in [0.4, 0.5) is 5.82 Å². The Labute approximate surface area is 158 Å².